The number of carbonyl (C=O) groups is 2. The molecule has 1 amide bonds. The van der Waals surface area contributed by atoms with Crippen LogP contribution in [0.25, 0.3) is 0 Å². The lowest BCUT2D eigenvalue weighted by atomic mass is 10.0. The molecule has 4 nitrogen and oxygen atoms in total. The van der Waals surface area contributed by atoms with E-state index in [1.54, 1.807) is 6.92 Å². The highest BCUT2D eigenvalue weighted by molar-refractivity contribution is 5.77. The quantitative estimate of drug-likeness (QED) is 0.672. The van der Waals surface area contributed by atoms with Gasteiger partial charge in [-0.25, -0.2) is 0 Å². The van der Waals surface area contributed by atoms with Gasteiger partial charge in [0.25, 0.3) is 0 Å². The zero-order valence-corrected chi connectivity index (χ0v) is 14.8. The van der Waals surface area contributed by atoms with Crippen molar-refractivity contribution < 1.29 is 14.3 Å². The molecule has 0 aromatic rings. The third-order valence-corrected chi connectivity index (χ3v) is 3.16. The van der Waals surface area contributed by atoms with Crippen LogP contribution in [0.5, 0.6) is 0 Å². The molecule has 0 unspecified atom stereocenters. The molecular formula is C17H33NO3. The molecule has 0 saturated heterocycles. The van der Waals surface area contributed by atoms with Gasteiger partial charge >= 0.3 is 0 Å². The molecule has 0 aromatic heterocycles. The van der Waals surface area contributed by atoms with Gasteiger partial charge in [-0.1, -0.05) is 20.3 Å². The SMILES string of the molecule is CC(=O)CC(C)(C)OCC(C)(C)NC(=O)CCCC(C)C. The number of ketones is 1. The van der Waals surface area contributed by atoms with Gasteiger partial charge < -0.3 is 10.1 Å². The van der Waals surface area contributed by atoms with E-state index < -0.39 is 11.1 Å². The van der Waals surface area contributed by atoms with E-state index >= 15 is 0 Å². The zero-order valence-electron chi connectivity index (χ0n) is 14.8. The second-order valence-electron chi connectivity index (χ2n) is 7.65. The first-order valence-corrected chi connectivity index (χ1v) is 7.88. The van der Waals surface area contributed by atoms with Crippen LogP contribution in [0, 0.1) is 5.92 Å². The normalized spacial score (nSPS) is 12.6. The van der Waals surface area contributed by atoms with Gasteiger partial charge in [0.05, 0.1) is 17.7 Å². The van der Waals surface area contributed by atoms with Crippen LogP contribution in [0.1, 0.15) is 74.1 Å². The number of ether oxygens (including phenoxy) is 1. The molecule has 0 fully saturated rings. The monoisotopic (exact) mass is 299 g/mol. The number of nitrogens with one attached hydrogen (secondary N) is 1. The fourth-order valence-electron chi connectivity index (χ4n) is 2.17. The van der Waals surface area contributed by atoms with Gasteiger partial charge in [0.1, 0.15) is 5.78 Å². The van der Waals surface area contributed by atoms with Crippen molar-refractivity contribution in [2.24, 2.45) is 5.92 Å². The summed E-state index contributed by atoms with van der Waals surface area (Å²) in [5.74, 6) is 0.797. The molecule has 0 aliphatic rings. The standard InChI is InChI=1S/C17H33NO3/c1-13(2)9-8-10-15(20)18-16(4,5)12-21-17(6,7)11-14(3)19/h13H,8-12H2,1-7H3,(H,18,20). The van der Waals surface area contributed by atoms with E-state index in [9.17, 15) is 9.59 Å². The summed E-state index contributed by atoms with van der Waals surface area (Å²) < 4.78 is 5.81. The third kappa shape index (κ3) is 11.4. The van der Waals surface area contributed by atoms with Gasteiger partial charge in [-0.05, 0) is 47.0 Å². The summed E-state index contributed by atoms with van der Waals surface area (Å²) in [6, 6.07) is 0. The molecule has 21 heavy (non-hydrogen) atoms. The number of hydrogen-bond donors (Lipinski definition) is 1. The molecule has 0 saturated carbocycles. The van der Waals surface area contributed by atoms with Gasteiger partial charge in [0, 0.05) is 12.8 Å². The van der Waals surface area contributed by atoms with Crippen molar-refractivity contribution in [3.63, 3.8) is 0 Å². The Hall–Kier alpha value is -0.900. The average Bonchev–Trinajstić information content (AvgIpc) is 2.23. The van der Waals surface area contributed by atoms with Crippen LogP contribution in [0.15, 0.2) is 0 Å². The summed E-state index contributed by atoms with van der Waals surface area (Å²) in [6.45, 7) is 14.0. The lowest BCUT2D eigenvalue weighted by Crippen LogP contribution is -2.48. The van der Waals surface area contributed by atoms with Gasteiger partial charge in [-0.3, -0.25) is 9.59 Å². The molecule has 0 atom stereocenters. The Kier molecular flexibility index (Phi) is 8.16. The highest BCUT2D eigenvalue weighted by Gasteiger charge is 2.27. The molecule has 124 valence electrons. The number of hydrogen-bond acceptors (Lipinski definition) is 3. The first-order valence-electron chi connectivity index (χ1n) is 7.88. The molecule has 0 radical (unpaired) electrons. The molecule has 1 N–H and O–H groups in total. The second-order valence-corrected chi connectivity index (χ2v) is 7.65. The minimum absolute atomic E-state index is 0.0635. The van der Waals surface area contributed by atoms with Gasteiger partial charge in [0.15, 0.2) is 0 Å². The Labute approximate surface area is 130 Å². The molecular weight excluding hydrogens is 266 g/mol. The van der Waals surface area contributed by atoms with Crippen LogP contribution in [0.3, 0.4) is 0 Å². The minimum atomic E-state index is -0.495. The van der Waals surface area contributed by atoms with Gasteiger partial charge in [-0.2, -0.15) is 0 Å². The Morgan fingerprint density at radius 2 is 1.71 bits per heavy atom. The Morgan fingerprint density at radius 3 is 2.19 bits per heavy atom. The van der Waals surface area contributed by atoms with Gasteiger partial charge in [-0.15, -0.1) is 0 Å². The molecule has 4 heteroatoms. The maximum atomic E-state index is 11.9. The zero-order chi connectivity index (χ0) is 16.7. The number of Topliss-reactive ketones (excluding diaryl/α,β-unsaturated/α-hetero) is 1. The number of rotatable bonds is 10. The summed E-state index contributed by atoms with van der Waals surface area (Å²) in [7, 11) is 0. The summed E-state index contributed by atoms with van der Waals surface area (Å²) in [6.07, 6.45) is 2.91. The van der Waals surface area contributed by atoms with Crippen molar-refractivity contribution >= 4 is 11.7 Å². The molecule has 0 aliphatic heterocycles. The molecule has 0 aromatic carbocycles. The molecule has 0 heterocycles. The lowest BCUT2D eigenvalue weighted by Gasteiger charge is -2.32. The number of carbonyl (C=O) groups excluding carboxylic acids is 2. The van der Waals surface area contributed by atoms with Crippen LogP contribution >= 0.6 is 0 Å². The topological polar surface area (TPSA) is 55.4 Å². The first kappa shape index (κ1) is 20.1. The largest absolute Gasteiger partial charge is 0.373 e. The van der Waals surface area contributed by atoms with E-state index in [4.69, 9.17) is 4.74 Å². The molecule has 0 rings (SSSR count). The highest BCUT2D eigenvalue weighted by Crippen LogP contribution is 2.18. The summed E-state index contributed by atoms with van der Waals surface area (Å²) in [4.78, 5) is 23.1. The van der Waals surface area contributed by atoms with Crippen LogP contribution in [-0.2, 0) is 14.3 Å². The summed E-state index contributed by atoms with van der Waals surface area (Å²) in [5.41, 5.74) is -0.922. The van der Waals surface area contributed by atoms with Crippen LogP contribution in [-0.4, -0.2) is 29.4 Å². The lowest BCUT2D eigenvalue weighted by molar-refractivity contribution is -0.129. The number of amides is 1. The predicted molar refractivity (Wildman–Crippen MR) is 86.2 cm³/mol. The van der Waals surface area contributed by atoms with Crippen molar-refractivity contribution in [1.82, 2.24) is 5.32 Å². The van der Waals surface area contributed by atoms with Crippen molar-refractivity contribution in [2.75, 3.05) is 6.61 Å². The van der Waals surface area contributed by atoms with Crippen LogP contribution in [0.2, 0.25) is 0 Å². The maximum absolute atomic E-state index is 11.9. The van der Waals surface area contributed by atoms with Crippen molar-refractivity contribution in [2.45, 2.75) is 85.3 Å². The minimum Gasteiger partial charge on any atom is -0.373 e. The second kappa shape index (κ2) is 8.52. The van der Waals surface area contributed by atoms with Crippen LogP contribution in [0.4, 0.5) is 0 Å². The smallest absolute Gasteiger partial charge is 0.220 e. The predicted octanol–water partition coefficient (Wildman–Crippen LogP) is 3.48. The van der Waals surface area contributed by atoms with Crippen LogP contribution < -0.4 is 5.32 Å². The Balaban J connectivity index is 4.18. The Morgan fingerprint density at radius 1 is 1.14 bits per heavy atom. The molecule has 0 spiro atoms. The Bertz CT molecular complexity index is 346. The van der Waals surface area contributed by atoms with E-state index in [-0.39, 0.29) is 11.7 Å². The summed E-state index contributed by atoms with van der Waals surface area (Å²) in [5, 5.41) is 3.01. The van der Waals surface area contributed by atoms with E-state index in [0.717, 1.165) is 12.8 Å². The van der Waals surface area contributed by atoms with Crippen molar-refractivity contribution in [3.05, 3.63) is 0 Å². The van der Waals surface area contributed by atoms with E-state index in [0.29, 0.717) is 25.4 Å². The van der Waals surface area contributed by atoms with Gasteiger partial charge in [0.2, 0.25) is 5.91 Å². The maximum Gasteiger partial charge on any atom is 0.220 e. The fraction of sp³-hybridized carbons (Fsp3) is 0.882. The third-order valence-electron chi connectivity index (χ3n) is 3.16. The molecule has 0 bridgehead atoms. The first-order chi connectivity index (χ1) is 9.43. The average molecular weight is 299 g/mol. The highest BCUT2D eigenvalue weighted by atomic mass is 16.5. The fourth-order valence-corrected chi connectivity index (χ4v) is 2.17. The van der Waals surface area contributed by atoms with E-state index in [2.05, 4.69) is 19.2 Å². The summed E-state index contributed by atoms with van der Waals surface area (Å²) >= 11 is 0. The van der Waals surface area contributed by atoms with Crippen molar-refractivity contribution in [1.29, 1.82) is 0 Å². The van der Waals surface area contributed by atoms with E-state index in [1.807, 2.05) is 27.7 Å². The van der Waals surface area contributed by atoms with Crippen molar-refractivity contribution in [3.8, 4) is 0 Å². The van der Waals surface area contributed by atoms with E-state index in [1.165, 1.54) is 0 Å². The molecule has 0 aliphatic carbocycles.